The molecule has 3 atom stereocenters. The molecule has 0 aliphatic carbocycles. The minimum atomic E-state index is -1.17. The summed E-state index contributed by atoms with van der Waals surface area (Å²) in [5, 5.41) is 14.5. The van der Waals surface area contributed by atoms with Crippen molar-refractivity contribution in [2.24, 2.45) is 27.6 Å². The summed E-state index contributed by atoms with van der Waals surface area (Å²) in [4.78, 5) is 56.9. The Balaban J connectivity index is 1.50. The minimum Gasteiger partial charge on any atom is -0.480 e. The molecule has 0 saturated heterocycles. The van der Waals surface area contributed by atoms with E-state index in [0.717, 1.165) is 24.0 Å². The normalized spacial score (nSPS) is 18.2. The van der Waals surface area contributed by atoms with E-state index in [-0.39, 0.29) is 36.4 Å². The van der Waals surface area contributed by atoms with Gasteiger partial charge in [0.25, 0.3) is 5.91 Å². The molecule has 10 nitrogen and oxygen atoms in total. The number of amidine groups is 1. The Bertz CT molecular complexity index is 1110. The Morgan fingerprint density at radius 3 is 2.56 bits per heavy atom. The zero-order valence-electron chi connectivity index (χ0n) is 20.6. The number of nitrogens with two attached hydrogens (primary N) is 1. The Labute approximate surface area is 210 Å². The van der Waals surface area contributed by atoms with E-state index in [2.05, 4.69) is 27.5 Å². The molecule has 0 aromatic heterocycles. The maximum absolute atomic E-state index is 12.6. The lowest BCUT2D eigenvalue weighted by Gasteiger charge is -2.19. The number of aliphatic carboxylic acids is 1. The molecular weight excluding hydrogens is 462 g/mol. The highest BCUT2D eigenvalue weighted by atomic mass is 16.4. The number of guanidine groups is 1. The third kappa shape index (κ3) is 7.10. The van der Waals surface area contributed by atoms with Crippen LogP contribution in [0.1, 0.15) is 68.3 Å². The molecule has 5 N–H and O–H groups in total. The van der Waals surface area contributed by atoms with Crippen molar-refractivity contribution < 1.29 is 24.3 Å². The Kier molecular flexibility index (Phi) is 9.10. The third-order valence-electron chi connectivity index (χ3n) is 6.33. The second-order valence-electron chi connectivity index (χ2n) is 9.35. The first-order chi connectivity index (χ1) is 17.2. The van der Waals surface area contributed by atoms with Crippen molar-refractivity contribution in [3.63, 3.8) is 0 Å². The minimum absolute atomic E-state index is 0.0108. The van der Waals surface area contributed by atoms with Gasteiger partial charge in [-0.25, -0.2) is 9.79 Å². The molecule has 2 amide bonds. The molecule has 192 valence electrons. The average Bonchev–Trinajstić information content (AvgIpc) is 3.23. The summed E-state index contributed by atoms with van der Waals surface area (Å²) in [6, 6.07) is 5.70. The van der Waals surface area contributed by atoms with Gasteiger partial charge < -0.3 is 16.2 Å². The number of carbonyl (C=O) groups is 4. The van der Waals surface area contributed by atoms with Gasteiger partial charge in [0.1, 0.15) is 23.6 Å². The molecule has 0 saturated carbocycles. The largest absolute Gasteiger partial charge is 0.480 e. The molecule has 0 fully saturated rings. The predicted molar refractivity (Wildman–Crippen MR) is 135 cm³/mol. The SMILES string of the molecule is CCC[C@H](C)CC(=O)CC[C@H](NC(=O)c1ccc(CCC2=CN=C3N=C(N)NC(=O)C23)cc1)C(=O)O. The smallest absolute Gasteiger partial charge is 0.326 e. The van der Waals surface area contributed by atoms with Gasteiger partial charge in [0.15, 0.2) is 0 Å². The first-order valence-electron chi connectivity index (χ1n) is 12.2. The standard InChI is InChI=1S/C26H33N5O5/c1-3-4-15(2)13-19(32)11-12-20(25(35)36)29-23(33)17-8-5-16(6-9-17)7-10-18-14-28-22-21(18)24(34)31-26(27)30-22/h5-6,8-9,14-15,20-21H,3-4,7,10-13H2,1-2H3,(H,29,33)(H,35,36)(H3,27,28,30,31,34)/t15-,20-,21?/m0/s1. The van der Waals surface area contributed by atoms with Crippen molar-refractivity contribution in [2.45, 2.75) is 64.8 Å². The van der Waals surface area contributed by atoms with Crippen LogP contribution in [0, 0.1) is 11.8 Å². The van der Waals surface area contributed by atoms with Gasteiger partial charge in [-0.2, -0.15) is 4.99 Å². The highest BCUT2D eigenvalue weighted by Gasteiger charge is 2.35. The van der Waals surface area contributed by atoms with Crippen molar-refractivity contribution in [1.82, 2.24) is 10.6 Å². The van der Waals surface area contributed by atoms with Crippen LogP contribution in [0.2, 0.25) is 0 Å². The number of benzene rings is 1. The zero-order chi connectivity index (χ0) is 26.2. The molecule has 1 aromatic carbocycles. The summed E-state index contributed by atoms with van der Waals surface area (Å²) in [6.45, 7) is 4.07. The van der Waals surface area contributed by atoms with Crippen LogP contribution in [0.15, 0.2) is 46.0 Å². The van der Waals surface area contributed by atoms with Gasteiger partial charge in [-0.3, -0.25) is 19.7 Å². The second kappa shape index (κ2) is 12.2. The monoisotopic (exact) mass is 495 g/mol. The van der Waals surface area contributed by atoms with Crippen LogP contribution in [-0.2, 0) is 20.8 Å². The van der Waals surface area contributed by atoms with Crippen LogP contribution in [0.5, 0.6) is 0 Å². The van der Waals surface area contributed by atoms with Gasteiger partial charge in [-0.1, -0.05) is 38.8 Å². The lowest BCUT2D eigenvalue weighted by molar-refractivity contribution is -0.139. The van der Waals surface area contributed by atoms with Gasteiger partial charge >= 0.3 is 5.97 Å². The maximum atomic E-state index is 12.6. The van der Waals surface area contributed by atoms with E-state index >= 15 is 0 Å². The second-order valence-corrected chi connectivity index (χ2v) is 9.35. The summed E-state index contributed by atoms with van der Waals surface area (Å²) in [5.41, 5.74) is 7.68. The van der Waals surface area contributed by atoms with Crippen LogP contribution in [0.4, 0.5) is 0 Å². The summed E-state index contributed by atoms with van der Waals surface area (Å²) in [7, 11) is 0. The van der Waals surface area contributed by atoms with E-state index in [9.17, 15) is 24.3 Å². The van der Waals surface area contributed by atoms with E-state index in [1.54, 1.807) is 30.5 Å². The Hall–Kier alpha value is -3.82. The number of Topliss-reactive ketones (excluding diaryl/α,β-unsaturated/α-hetero) is 1. The molecule has 0 radical (unpaired) electrons. The summed E-state index contributed by atoms with van der Waals surface area (Å²) >= 11 is 0. The fraction of sp³-hybridized carbons (Fsp3) is 0.462. The van der Waals surface area contributed by atoms with Crippen molar-refractivity contribution in [2.75, 3.05) is 0 Å². The number of hydrogen-bond donors (Lipinski definition) is 4. The van der Waals surface area contributed by atoms with Crippen molar-refractivity contribution in [3.05, 3.63) is 47.2 Å². The average molecular weight is 496 g/mol. The van der Waals surface area contributed by atoms with E-state index in [0.29, 0.717) is 30.7 Å². The number of carbonyl (C=O) groups excluding carboxylic acids is 3. The molecule has 3 rings (SSSR count). The van der Waals surface area contributed by atoms with Gasteiger partial charge in [0, 0.05) is 24.6 Å². The summed E-state index contributed by atoms with van der Waals surface area (Å²) in [6.07, 6.45) is 5.39. The number of rotatable bonds is 13. The molecule has 0 bridgehead atoms. The van der Waals surface area contributed by atoms with Gasteiger partial charge in [-0.05, 0) is 48.4 Å². The number of hydrogen-bond acceptors (Lipinski definition) is 7. The first kappa shape index (κ1) is 26.8. The topological polar surface area (TPSA) is 163 Å². The molecule has 10 heteroatoms. The highest BCUT2D eigenvalue weighted by molar-refractivity contribution is 6.19. The highest BCUT2D eigenvalue weighted by Crippen LogP contribution is 2.27. The zero-order valence-corrected chi connectivity index (χ0v) is 20.6. The summed E-state index contributed by atoms with van der Waals surface area (Å²) in [5.74, 6) is -1.74. The number of nitrogens with one attached hydrogen (secondary N) is 2. The molecule has 1 unspecified atom stereocenters. The van der Waals surface area contributed by atoms with Gasteiger partial charge in [0.05, 0.1) is 0 Å². The van der Waals surface area contributed by atoms with Crippen LogP contribution < -0.4 is 16.4 Å². The van der Waals surface area contributed by atoms with Crippen molar-refractivity contribution >= 4 is 35.4 Å². The molecule has 0 spiro atoms. The van der Waals surface area contributed by atoms with Crippen LogP contribution in [-0.4, -0.2) is 46.5 Å². The number of carboxylic acid groups (broad SMARTS) is 1. The number of aryl methyl sites for hydroxylation is 1. The maximum Gasteiger partial charge on any atom is 0.326 e. The van der Waals surface area contributed by atoms with Crippen molar-refractivity contribution in [3.8, 4) is 0 Å². The molecule has 36 heavy (non-hydrogen) atoms. The first-order valence-corrected chi connectivity index (χ1v) is 12.2. The molecule has 2 aliphatic rings. The van der Waals surface area contributed by atoms with Crippen LogP contribution >= 0.6 is 0 Å². The Morgan fingerprint density at radius 1 is 1.17 bits per heavy atom. The lowest BCUT2D eigenvalue weighted by atomic mass is 9.93. The van der Waals surface area contributed by atoms with Gasteiger partial charge in [0.2, 0.25) is 11.9 Å². The quantitative estimate of drug-likeness (QED) is 0.328. The van der Waals surface area contributed by atoms with Crippen LogP contribution in [0.3, 0.4) is 0 Å². The number of ketones is 1. The lowest BCUT2D eigenvalue weighted by Crippen LogP contribution is -2.47. The molecule has 2 aliphatic heterocycles. The van der Waals surface area contributed by atoms with E-state index in [1.165, 1.54) is 0 Å². The molecule has 1 aromatic rings. The third-order valence-corrected chi connectivity index (χ3v) is 6.33. The number of nitrogens with zero attached hydrogens (tertiary/aromatic N) is 2. The predicted octanol–water partition coefficient (Wildman–Crippen LogP) is 2.33. The van der Waals surface area contributed by atoms with Gasteiger partial charge in [-0.15, -0.1) is 0 Å². The number of carboxylic acids is 1. The fourth-order valence-corrected chi connectivity index (χ4v) is 4.40. The number of amides is 2. The fourth-order valence-electron chi connectivity index (χ4n) is 4.40. The van der Waals surface area contributed by atoms with Crippen LogP contribution in [0.25, 0.3) is 0 Å². The van der Waals surface area contributed by atoms with E-state index < -0.39 is 23.8 Å². The molecule has 2 heterocycles. The number of fused-ring (bicyclic) bond motifs is 1. The Morgan fingerprint density at radius 2 is 1.89 bits per heavy atom. The van der Waals surface area contributed by atoms with E-state index in [1.807, 2.05) is 6.92 Å². The summed E-state index contributed by atoms with van der Waals surface area (Å²) < 4.78 is 0. The van der Waals surface area contributed by atoms with Crippen molar-refractivity contribution in [1.29, 1.82) is 0 Å². The van der Waals surface area contributed by atoms with E-state index in [4.69, 9.17) is 5.73 Å². The number of aliphatic imine (C=N–C) groups is 2. The molecular formula is C26H33N5O5.